The smallest absolute Gasteiger partial charge is 0.338 e. The molecule has 3 saturated carbocycles. The molecule has 0 radical (unpaired) electrons. The van der Waals surface area contributed by atoms with Crippen LogP contribution in [-0.2, 0) is 23.8 Å². The molecule has 3 unspecified atom stereocenters. The van der Waals surface area contributed by atoms with Gasteiger partial charge in [-0.3, -0.25) is 9.59 Å². The highest BCUT2D eigenvalue weighted by Gasteiger charge is 2.93. The predicted octanol–water partition coefficient (Wildman–Crippen LogP) is 2.61. The first-order valence-electron chi connectivity index (χ1n) is 13.0. The maximum atomic E-state index is 14.5. The molecule has 1 heterocycles. The molecule has 8 nitrogen and oxygen atoms in total. The average molecular weight is 511 g/mol. The van der Waals surface area contributed by atoms with Crippen molar-refractivity contribution in [3.8, 4) is 0 Å². The number of hydrogen-bond donors (Lipinski definition) is 2. The zero-order valence-electron chi connectivity index (χ0n) is 21.8. The fourth-order valence-corrected chi connectivity index (χ4v) is 9.34. The van der Waals surface area contributed by atoms with Crippen LogP contribution in [-0.4, -0.2) is 65.1 Å². The van der Waals surface area contributed by atoms with Crippen molar-refractivity contribution in [2.45, 2.75) is 78.0 Å². The maximum absolute atomic E-state index is 14.5. The van der Waals surface area contributed by atoms with Gasteiger partial charge in [0.25, 0.3) is 0 Å². The molecule has 8 heteroatoms. The van der Waals surface area contributed by atoms with Crippen LogP contribution in [0.25, 0.3) is 0 Å². The molecule has 10 atom stereocenters. The minimum atomic E-state index is -1.37. The first-order valence-corrected chi connectivity index (χ1v) is 13.0. The summed E-state index contributed by atoms with van der Waals surface area (Å²) in [5.74, 6) is -1.70. The van der Waals surface area contributed by atoms with E-state index in [4.69, 9.17) is 14.2 Å². The largest absolute Gasteiger partial charge is 0.457 e. The number of benzene rings is 1. The number of aliphatic hydroxyl groups excluding tert-OH is 2. The Bertz CT molecular complexity index is 1240. The van der Waals surface area contributed by atoms with E-state index in [0.717, 1.165) is 0 Å². The lowest BCUT2D eigenvalue weighted by atomic mass is 9.19. The summed E-state index contributed by atoms with van der Waals surface area (Å²) in [6.07, 6.45) is -3.71. The Hall–Kier alpha value is -2.55. The maximum Gasteiger partial charge on any atom is 0.338 e. The number of esters is 2. The van der Waals surface area contributed by atoms with Crippen LogP contribution in [0.15, 0.2) is 41.5 Å². The Kier molecular flexibility index (Phi) is 5.03. The molecule has 37 heavy (non-hydrogen) atoms. The van der Waals surface area contributed by atoms with Crippen LogP contribution < -0.4 is 0 Å². The van der Waals surface area contributed by atoms with E-state index in [1.165, 1.54) is 6.92 Å². The van der Waals surface area contributed by atoms with E-state index >= 15 is 0 Å². The Morgan fingerprint density at radius 1 is 1.08 bits per heavy atom. The summed E-state index contributed by atoms with van der Waals surface area (Å²) in [6, 6.07) is 8.69. The molecule has 4 fully saturated rings. The molecular weight excluding hydrogens is 476 g/mol. The molecule has 2 N–H and O–H groups in total. The Labute approximate surface area is 216 Å². The minimum Gasteiger partial charge on any atom is -0.457 e. The summed E-state index contributed by atoms with van der Waals surface area (Å²) in [7, 11) is 0. The fourth-order valence-electron chi connectivity index (χ4n) is 9.34. The fraction of sp³-hybridized carbons (Fsp3) is 0.621. The van der Waals surface area contributed by atoms with Gasteiger partial charge < -0.3 is 24.4 Å². The van der Waals surface area contributed by atoms with Crippen molar-refractivity contribution in [2.24, 2.45) is 27.6 Å². The molecule has 4 aliphatic carbocycles. The van der Waals surface area contributed by atoms with E-state index in [2.05, 4.69) is 0 Å². The number of ketones is 1. The van der Waals surface area contributed by atoms with Gasteiger partial charge in [-0.15, -0.1) is 0 Å². The second kappa shape index (κ2) is 7.52. The number of hydrogen-bond acceptors (Lipinski definition) is 8. The topological polar surface area (TPSA) is 119 Å². The highest BCUT2D eigenvalue weighted by molar-refractivity contribution is 5.98. The molecule has 0 amide bonds. The van der Waals surface area contributed by atoms with E-state index in [9.17, 15) is 24.6 Å². The van der Waals surface area contributed by atoms with Gasteiger partial charge in [0.1, 0.15) is 6.10 Å². The van der Waals surface area contributed by atoms with Crippen molar-refractivity contribution in [1.29, 1.82) is 0 Å². The van der Waals surface area contributed by atoms with Crippen LogP contribution in [0.5, 0.6) is 0 Å². The van der Waals surface area contributed by atoms with Gasteiger partial charge in [-0.1, -0.05) is 32.0 Å². The molecule has 1 spiro atoms. The van der Waals surface area contributed by atoms with Crippen LogP contribution in [0, 0.1) is 27.6 Å². The molecule has 1 aromatic carbocycles. The number of rotatable bonds is 3. The van der Waals surface area contributed by atoms with Crippen molar-refractivity contribution in [1.82, 2.24) is 0 Å². The van der Waals surface area contributed by atoms with Crippen LogP contribution in [0.4, 0.5) is 0 Å². The van der Waals surface area contributed by atoms with E-state index < -0.39 is 63.8 Å². The summed E-state index contributed by atoms with van der Waals surface area (Å²) in [6.45, 7) is 9.18. The van der Waals surface area contributed by atoms with Crippen LogP contribution in [0.2, 0.25) is 0 Å². The van der Waals surface area contributed by atoms with Crippen molar-refractivity contribution >= 4 is 17.7 Å². The summed E-state index contributed by atoms with van der Waals surface area (Å²) < 4.78 is 18.0. The van der Waals surface area contributed by atoms with Crippen molar-refractivity contribution < 1.29 is 38.8 Å². The Morgan fingerprint density at radius 3 is 2.35 bits per heavy atom. The van der Waals surface area contributed by atoms with Gasteiger partial charge in [0.05, 0.1) is 35.9 Å². The highest BCUT2D eigenvalue weighted by atomic mass is 16.6. The average Bonchev–Trinajstić information content (AvgIpc) is 2.84. The number of aliphatic hydroxyl groups is 2. The monoisotopic (exact) mass is 510 g/mol. The Morgan fingerprint density at radius 2 is 1.76 bits per heavy atom. The molecule has 1 aromatic rings. The summed E-state index contributed by atoms with van der Waals surface area (Å²) >= 11 is 0. The lowest BCUT2D eigenvalue weighted by molar-refractivity contribution is -0.415. The number of carbonyl (C=O) groups is 3. The quantitative estimate of drug-likeness (QED) is 0.471. The molecule has 5 aliphatic rings. The van der Waals surface area contributed by atoms with E-state index in [1.807, 2.05) is 19.9 Å². The number of ether oxygens (including phenoxy) is 3. The van der Waals surface area contributed by atoms with Gasteiger partial charge in [-0.2, -0.15) is 0 Å². The van der Waals surface area contributed by atoms with Crippen LogP contribution in [0.3, 0.4) is 0 Å². The van der Waals surface area contributed by atoms with Crippen LogP contribution >= 0.6 is 0 Å². The first kappa shape index (κ1) is 24.8. The molecular formula is C29H34O8. The van der Waals surface area contributed by atoms with Gasteiger partial charge in [0, 0.05) is 35.5 Å². The van der Waals surface area contributed by atoms with Gasteiger partial charge in [0.2, 0.25) is 0 Å². The van der Waals surface area contributed by atoms with Crippen molar-refractivity contribution in [3.05, 3.63) is 47.0 Å². The van der Waals surface area contributed by atoms with Gasteiger partial charge >= 0.3 is 11.9 Å². The van der Waals surface area contributed by atoms with Gasteiger partial charge in [0.15, 0.2) is 11.9 Å². The second-order valence-electron chi connectivity index (χ2n) is 12.2. The second-order valence-corrected chi connectivity index (χ2v) is 12.2. The molecule has 1 saturated heterocycles. The zero-order valence-corrected chi connectivity index (χ0v) is 21.8. The lowest BCUT2D eigenvalue weighted by Crippen LogP contribution is -2.92. The minimum absolute atomic E-state index is 0.159. The highest BCUT2D eigenvalue weighted by Crippen LogP contribution is 2.87. The standard InChI is InChI=1S/C29H34O8/c1-14-18(31)12-26(3)25(37-24(34)16-9-7-6-8-10-16)29-17-13-35-19(17)11-20(32)27(29,4)23(33)22(36-15(2)30)21(14)28(26,29)5/h6-10,17-20,22,25,31-32H,11-13H2,1-5H3/t17?,18-,19+,20-,22+,25?,26-,27-,28-,29?/m0/s1. The third-order valence-electron chi connectivity index (χ3n) is 11.1. The third-order valence-corrected chi connectivity index (χ3v) is 11.1. The van der Waals surface area contributed by atoms with Gasteiger partial charge in [-0.05, 0) is 43.5 Å². The molecule has 0 aromatic heterocycles. The number of fused-ring (bicyclic) bond motifs is 1. The molecule has 0 bridgehead atoms. The first-order chi connectivity index (χ1) is 17.4. The summed E-state index contributed by atoms with van der Waals surface area (Å²) in [4.78, 5) is 40.2. The molecule has 6 rings (SSSR count). The number of Topliss-reactive ketones (excluding diaryl/α,β-unsaturated/α-hetero) is 1. The predicted molar refractivity (Wildman–Crippen MR) is 130 cm³/mol. The summed E-state index contributed by atoms with van der Waals surface area (Å²) in [5, 5.41) is 22.8. The molecule has 198 valence electrons. The Balaban J connectivity index is 1.61. The van der Waals surface area contributed by atoms with E-state index in [1.54, 1.807) is 38.1 Å². The zero-order chi connectivity index (χ0) is 26.7. The number of carbonyl (C=O) groups excluding carboxylic acids is 3. The summed E-state index contributed by atoms with van der Waals surface area (Å²) in [5.41, 5.74) is -2.42. The lowest BCUT2D eigenvalue weighted by Gasteiger charge is -2.85. The third kappa shape index (κ3) is 2.53. The van der Waals surface area contributed by atoms with Crippen molar-refractivity contribution in [3.63, 3.8) is 0 Å². The molecule has 1 aliphatic heterocycles. The van der Waals surface area contributed by atoms with E-state index in [0.29, 0.717) is 29.7 Å². The van der Waals surface area contributed by atoms with Gasteiger partial charge in [-0.25, -0.2) is 4.79 Å². The normalized spacial score (nSPS) is 47.5. The SMILES string of the molecule is CC(=O)O[C@H]1C(=O)[C@]2(C)[C@@H](O)C[C@H]3OCC3C23C(OC(=O)c2ccccc2)[C@]2(C)C[C@H](O)C(C)=C1[C@]32C. The van der Waals surface area contributed by atoms with E-state index in [-0.39, 0.29) is 18.4 Å². The van der Waals surface area contributed by atoms with Crippen LogP contribution in [0.1, 0.15) is 57.8 Å². The van der Waals surface area contributed by atoms with Crippen molar-refractivity contribution in [2.75, 3.05) is 6.61 Å².